The van der Waals surface area contributed by atoms with Gasteiger partial charge in [-0.2, -0.15) is 0 Å². The molecule has 5 nitrogen and oxygen atoms in total. The average Bonchev–Trinajstić information content (AvgIpc) is 2.94. The summed E-state index contributed by atoms with van der Waals surface area (Å²) in [5.41, 5.74) is 6.15. The van der Waals surface area contributed by atoms with Crippen molar-refractivity contribution in [3.8, 4) is 0 Å². The van der Waals surface area contributed by atoms with Gasteiger partial charge < -0.3 is 15.4 Å². The highest BCUT2D eigenvalue weighted by atomic mass is 16.5. The molecule has 2 aliphatic heterocycles. The number of nitrogens with zero attached hydrogens (tertiary/aromatic N) is 2. The van der Waals surface area contributed by atoms with Crippen LogP contribution in [-0.2, 0) is 9.53 Å². The third-order valence-electron chi connectivity index (χ3n) is 5.67. The molecule has 0 aromatic heterocycles. The van der Waals surface area contributed by atoms with Crippen LogP contribution in [0.15, 0.2) is 0 Å². The summed E-state index contributed by atoms with van der Waals surface area (Å²) in [5.74, 6) is 0.763. The van der Waals surface area contributed by atoms with Gasteiger partial charge in [-0.25, -0.2) is 0 Å². The number of ether oxygens (including phenoxy) is 1. The highest BCUT2D eigenvalue weighted by Crippen LogP contribution is 2.29. The Kier molecular flexibility index (Phi) is 5.71. The first-order valence-corrected chi connectivity index (χ1v) is 9.09. The second-order valence-corrected chi connectivity index (χ2v) is 7.21. The minimum absolute atomic E-state index is 0.242. The van der Waals surface area contributed by atoms with E-state index in [9.17, 15) is 4.79 Å². The number of nitrogens with two attached hydrogens (primary N) is 1. The van der Waals surface area contributed by atoms with E-state index in [0.717, 1.165) is 65.1 Å². The van der Waals surface area contributed by atoms with Crippen molar-refractivity contribution in [1.82, 2.24) is 9.80 Å². The molecule has 3 fully saturated rings. The lowest BCUT2D eigenvalue weighted by molar-refractivity contribution is -0.136. The van der Waals surface area contributed by atoms with Crippen LogP contribution in [0.4, 0.5) is 0 Å². The van der Waals surface area contributed by atoms with E-state index < -0.39 is 0 Å². The molecule has 0 aromatic rings. The molecule has 1 aliphatic carbocycles. The molecule has 1 saturated carbocycles. The Bertz CT molecular complexity index is 371. The fraction of sp³-hybridized carbons (Fsp3) is 0.941. The molecule has 2 saturated heterocycles. The summed E-state index contributed by atoms with van der Waals surface area (Å²) >= 11 is 0. The standard InChI is InChI=1S/C17H31N3O2/c18-16-6-3-4-14(16)12-17(21)20-7-2-1-5-15(20)13-19-8-10-22-11-9-19/h14-16H,1-13,18H2/t14-,15?,16+/m0/s1. The van der Waals surface area contributed by atoms with Crippen LogP contribution in [-0.4, -0.2) is 67.2 Å². The largest absolute Gasteiger partial charge is 0.379 e. The van der Waals surface area contributed by atoms with Crippen LogP contribution in [0.3, 0.4) is 0 Å². The molecule has 0 radical (unpaired) electrons. The zero-order valence-corrected chi connectivity index (χ0v) is 13.7. The molecule has 1 unspecified atom stereocenters. The number of piperidine rings is 1. The molecule has 2 heterocycles. The molecule has 3 atom stereocenters. The van der Waals surface area contributed by atoms with Crippen LogP contribution in [0.5, 0.6) is 0 Å². The van der Waals surface area contributed by atoms with Gasteiger partial charge in [-0.05, 0) is 38.0 Å². The minimum atomic E-state index is 0.242. The lowest BCUT2D eigenvalue weighted by atomic mass is 9.96. The maximum absolute atomic E-state index is 12.8. The summed E-state index contributed by atoms with van der Waals surface area (Å²) in [6.07, 6.45) is 7.64. The van der Waals surface area contributed by atoms with Crippen LogP contribution in [0.2, 0.25) is 0 Å². The number of amides is 1. The zero-order chi connectivity index (χ0) is 15.4. The summed E-state index contributed by atoms with van der Waals surface area (Å²) in [6.45, 7) is 5.63. The molecule has 0 bridgehead atoms. The number of morpholine rings is 1. The minimum Gasteiger partial charge on any atom is -0.379 e. The summed E-state index contributed by atoms with van der Waals surface area (Å²) in [4.78, 5) is 17.4. The van der Waals surface area contributed by atoms with E-state index in [-0.39, 0.29) is 6.04 Å². The molecule has 3 rings (SSSR count). The van der Waals surface area contributed by atoms with E-state index in [1.165, 1.54) is 12.8 Å². The predicted octanol–water partition coefficient (Wildman–Crippen LogP) is 1.22. The number of likely N-dealkylation sites (tertiary alicyclic amines) is 1. The number of carbonyl (C=O) groups is 1. The highest BCUT2D eigenvalue weighted by Gasteiger charge is 2.32. The van der Waals surface area contributed by atoms with Crippen molar-refractivity contribution in [1.29, 1.82) is 0 Å². The number of carbonyl (C=O) groups excluding carboxylic acids is 1. The van der Waals surface area contributed by atoms with E-state index in [4.69, 9.17) is 10.5 Å². The van der Waals surface area contributed by atoms with Gasteiger partial charge in [-0.3, -0.25) is 9.69 Å². The second kappa shape index (κ2) is 7.75. The number of rotatable bonds is 4. The van der Waals surface area contributed by atoms with Crippen LogP contribution in [0.1, 0.15) is 44.9 Å². The Balaban J connectivity index is 1.55. The molecule has 1 amide bonds. The first-order chi connectivity index (χ1) is 10.7. The van der Waals surface area contributed by atoms with E-state index in [1.807, 2.05) is 0 Å². The van der Waals surface area contributed by atoms with Crippen molar-refractivity contribution in [3.05, 3.63) is 0 Å². The lowest BCUT2D eigenvalue weighted by Crippen LogP contribution is -2.51. The molecular weight excluding hydrogens is 278 g/mol. The molecule has 0 spiro atoms. The van der Waals surface area contributed by atoms with Crippen molar-refractivity contribution in [3.63, 3.8) is 0 Å². The van der Waals surface area contributed by atoms with Crippen LogP contribution < -0.4 is 5.73 Å². The Hall–Kier alpha value is -0.650. The Morgan fingerprint density at radius 3 is 2.59 bits per heavy atom. The van der Waals surface area contributed by atoms with Gasteiger partial charge in [0.2, 0.25) is 5.91 Å². The fourth-order valence-corrected chi connectivity index (χ4v) is 4.26. The topological polar surface area (TPSA) is 58.8 Å². The molecule has 2 N–H and O–H groups in total. The van der Waals surface area contributed by atoms with Crippen molar-refractivity contribution in [2.24, 2.45) is 11.7 Å². The average molecular weight is 309 g/mol. The van der Waals surface area contributed by atoms with Crippen molar-refractivity contribution in [2.75, 3.05) is 39.4 Å². The molecule has 22 heavy (non-hydrogen) atoms. The zero-order valence-electron chi connectivity index (χ0n) is 13.7. The number of hydrogen-bond acceptors (Lipinski definition) is 4. The van der Waals surface area contributed by atoms with Crippen LogP contribution in [0, 0.1) is 5.92 Å². The van der Waals surface area contributed by atoms with Gasteiger partial charge in [0.1, 0.15) is 0 Å². The summed E-state index contributed by atoms with van der Waals surface area (Å²) in [6, 6.07) is 0.642. The Morgan fingerprint density at radius 2 is 1.86 bits per heavy atom. The normalized spacial score (nSPS) is 34.0. The lowest BCUT2D eigenvalue weighted by Gasteiger charge is -2.40. The highest BCUT2D eigenvalue weighted by molar-refractivity contribution is 5.77. The van der Waals surface area contributed by atoms with Gasteiger partial charge in [0, 0.05) is 44.7 Å². The van der Waals surface area contributed by atoms with E-state index in [1.54, 1.807) is 0 Å². The van der Waals surface area contributed by atoms with E-state index in [0.29, 0.717) is 24.3 Å². The van der Waals surface area contributed by atoms with Crippen LogP contribution in [0.25, 0.3) is 0 Å². The quantitative estimate of drug-likeness (QED) is 0.848. The monoisotopic (exact) mass is 309 g/mol. The smallest absolute Gasteiger partial charge is 0.223 e. The predicted molar refractivity (Wildman–Crippen MR) is 86.5 cm³/mol. The van der Waals surface area contributed by atoms with Crippen molar-refractivity contribution in [2.45, 2.75) is 57.0 Å². The van der Waals surface area contributed by atoms with Crippen molar-refractivity contribution < 1.29 is 9.53 Å². The molecule has 3 aliphatic rings. The fourth-order valence-electron chi connectivity index (χ4n) is 4.26. The molecule has 5 heteroatoms. The van der Waals surface area contributed by atoms with Gasteiger partial charge in [-0.1, -0.05) is 6.42 Å². The third kappa shape index (κ3) is 4.00. The maximum atomic E-state index is 12.8. The first kappa shape index (κ1) is 16.2. The number of hydrogen-bond donors (Lipinski definition) is 1. The summed E-state index contributed by atoms with van der Waals surface area (Å²) in [7, 11) is 0. The Morgan fingerprint density at radius 1 is 1.05 bits per heavy atom. The van der Waals surface area contributed by atoms with Crippen molar-refractivity contribution >= 4 is 5.91 Å². The SMILES string of the molecule is N[C@@H]1CCC[C@H]1CC(=O)N1CCCCC1CN1CCOCC1. The second-order valence-electron chi connectivity index (χ2n) is 7.21. The molecule has 126 valence electrons. The summed E-state index contributed by atoms with van der Waals surface area (Å²) < 4.78 is 5.43. The van der Waals surface area contributed by atoms with Gasteiger partial charge in [-0.15, -0.1) is 0 Å². The molecular formula is C17H31N3O2. The van der Waals surface area contributed by atoms with E-state index in [2.05, 4.69) is 9.80 Å². The summed E-state index contributed by atoms with van der Waals surface area (Å²) in [5, 5.41) is 0. The van der Waals surface area contributed by atoms with Gasteiger partial charge in [0.15, 0.2) is 0 Å². The van der Waals surface area contributed by atoms with Crippen LogP contribution >= 0.6 is 0 Å². The molecule has 0 aromatic carbocycles. The van der Waals surface area contributed by atoms with Gasteiger partial charge in [0.25, 0.3) is 0 Å². The van der Waals surface area contributed by atoms with Gasteiger partial charge in [0.05, 0.1) is 13.2 Å². The first-order valence-electron chi connectivity index (χ1n) is 9.09. The maximum Gasteiger partial charge on any atom is 0.223 e. The van der Waals surface area contributed by atoms with E-state index >= 15 is 0 Å². The Labute approximate surface area is 134 Å². The van der Waals surface area contributed by atoms with Gasteiger partial charge >= 0.3 is 0 Å². The third-order valence-corrected chi connectivity index (χ3v) is 5.67.